The molecule has 0 atom stereocenters. The minimum absolute atomic E-state index is 0.117. The monoisotopic (exact) mass is 421 g/mol. The number of para-hydroxylation sites is 1. The number of aryl methyl sites for hydroxylation is 1. The summed E-state index contributed by atoms with van der Waals surface area (Å²) in [7, 11) is 0. The Morgan fingerprint density at radius 2 is 1.81 bits per heavy atom. The molecular weight excluding hydrogens is 401 g/mol. The smallest absolute Gasteiger partial charge is 0.291 e. The molecule has 2 amide bonds. The van der Waals surface area contributed by atoms with E-state index in [0.29, 0.717) is 41.1 Å². The second-order valence-electron chi connectivity index (χ2n) is 7.19. The lowest BCUT2D eigenvalue weighted by molar-refractivity contribution is 0.0950. The number of carbonyl (C=O) groups excluding carboxylic acids is 2. The SMILES string of the molecule is Cc1c(C(=O)Nc2ccc(F)cc2)oc2c1/C(=N/NC(=O)c1ccccc1O)CCC2. The van der Waals surface area contributed by atoms with Crippen molar-refractivity contribution in [3.05, 3.63) is 82.6 Å². The summed E-state index contributed by atoms with van der Waals surface area (Å²) in [5, 5.41) is 16.8. The number of phenolic OH excluding ortho intramolecular Hbond substituents is 1. The summed E-state index contributed by atoms with van der Waals surface area (Å²) in [6.07, 6.45) is 2.00. The van der Waals surface area contributed by atoms with Crippen LogP contribution in [0.2, 0.25) is 0 Å². The molecule has 3 N–H and O–H groups in total. The van der Waals surface area contributed by atoms with Gasteiger partial charge < -0.3 is 14.8 Å². The van der Waals surface area contributed by atoms with Gasteiger partial charge in [-0.25, -0.2) is 9.82 Å². The highest BCUT2D eigenvalue weighted by Crippen LogP contribution is 2.30. The molecule has 1 aliphatic carbocycles. The predicted octanol–water partition coefficient (Wildman–Crippen LogP) is 4.16. The Morgan fingerprint density at radius 3 is 2.55 bits per heavy atom. The molecule has 158 valence electrons. The van der Waals surface area contributed by atoms with E-state index < -0.39 is 17.6 Å². The minimum Gasteiger partial charge on any atom is -0.507 e. The number of anilines is 1. The zero-order chi connectivity index (χ0) is 22.0. The highest BCUT2D eigenvalue weighted by molar-refractivity contribution is 6.09. The summed E-state index contributed by atoms with van der Waals surface area (Å²) in [5.41, 5.74) is 4.96. The number of nitrogens with one attached hydrogen (secondary N) is 2. The third-order valence-corrected chi connectivity index (χ3v) is 5.08. The number of hydrazone groups is 1. The van der Waals surface area contributed by atoms with Crippen molar-refractivity contribution in [3.8, 4) is 5.75 Å². The van der Waals surface area contributed by atoms with Crippen LogP contribution in [0.3, 0.4) is 0 Å². The van der Waals surface area contributed by atoms with Gasteiger partial charge in [-0.15, -0.1) is 0 Å². The Bertz CT molecular complexity index is 1180. The van der Waals surface area contributed by atoms with E-state index in [9.17, 15) is 19.1 Å². The van der Waals surface area contributed by atoms with Crippen LogP contribution in [-0.4, -0.2) is 22.6 Å². The molecule has 3 aromatic rings. The zero-order valence-corrected chi connectivity index (χ0v) is 16.7. The third-order valence-electron chi connectivity index (χ3n) is 5.08. The molecule has 1 aliphatic rings. The summed E-state index contributed by atoms with van der Waals surface area (Å²) < 4.78 is 18.9. The van der Waals surface area contributed by atoms with Gasteiger partial charge in [-0.3, -0.25) is 9.59 Å². The lowest BCUT2D eigenvalue weighted by Gasteiger charge is -2.13. The average Bonchev–Trinajstić information content (AvgIpc) is 3.11. The molecule has 0 aliphatic heterocycles. The molecular formula is C23H20FN3O4. The van der Waals surface area contributed by atoms with Gasteiger partial charge in [0.15, 0.2) is 5.76 Å². The molecule has 0 radical (unpaired) electrons. The molecule has 0 saturated heterocycles. The first-order valence-electron chi connectivity index (χ1n) is 9.78. The van der Waals surface area contributed by atoms with Gasteiger partial charge in [-0.1, -0.05) is 12.1 Å². The van der Waals surface area contributed by atoms with Gasteiger partial charge in [0.1, 0.15) is 17.3 Å². The standard InChI is InChI=1S/C23H20FN3O4/c1-13-20-17(26-27-22(29)16-5-2-3-7-18(16)28)6-4-8-19(20)31-21(13)23(30)25-15-11-9-14(24)10-12-15/h2-3,5,7,9-12,28H,4,6,8H2,1H3,(H,25,30)(H,27,29)/b26-17+. The third kappa shape index (κ3) is 4.18. The molecule has 1 aromatic heterocycles. The summed E-state index contributed by atoms with van der Waals surface area (Å²) in [6.45, 7) is 1.76. The normalized spacial score (nSPS) is 14.2. The number of furan rings is 1. The molecule has 0 bridgehead atoms. The van der Waals surface area contributed by atoms with E-state index in [1.165, 1.54) is 36.4 Å². The fourth-order valence-corrected chi connectivity index (χ4v) is 3.56. The van der Waals surface area contributed by atoms with Crippen molar-refractivity contribution in [2.45, 2.75) is 26.2 Å². The molecule has 4 rings (SSSR count). The molecule has 2 aromatic carbocycles. The molecule has 1 heterocycles. The van der Waals surface area contributed by atoms with Gasteiger partial charge in [0, 0.05) is 23.2 Å². The van der Waals surface area contributed by atoms with Crippen LogP contribution in [0.15, 0.2) is 58.0 Å². The van der Waals surface area contributed by atoms with Gasteiger partial charge in [-0.05, 0) is 56.2 Å². The Balaban J connectivity index is 1.57. The van der Waals surface area contributed by atoms with Gasteiger partial charge in [-0.2, -0.15) is 5.10 Å². The van der Waals surface area contributed by atoms with Gasteiger partial charge in [0.05, 0.1) is 11.3 Å². The van der Waals surface area contributed by atoms with Crippen LogP contribution < -0.4 is 10.7 Å². The summed E-state index contributed by atoms with van der Waals surface area (Å²) in [4.78, 5) is 25.1. The van der Waals surface area contributed by atoms with Crippen LogP contribution in [-0.2, 0) is 6.42 Å². The fourth-order valence-electron chi connectivity index (χ4n) is 3.56. The second kappa shape index (κ2) is 8.43. The van der Waals surface area contributed by atoms with Crippen molar-refractivity contribution in [2.24, 2.45) is 5.10 Å². The van der Waals surface area contributed by atoms with E-state index in [-0.39, 0.29) is 17.1 Å². The number of amides is 2. The molecule has 7 nitrogen and oxygen atoms in total. The minimum atomic E-state index is -0.534. The zero-order valence-electron chi connectivity index (χ0n) is 16.7. The van der Waals surface area contributed by atoms with Crippen LogP contribution in [0.1, 0.15) is 50.6 Å². The van der Waals surface area contributed by atoms with E-state index in [4.69, 9.17) is 4.42 Å². The van der Waals surface area contributed by atoms with Crippen molar-refractivity contribution < 1.29 is 23.5 Å². The van der Waals surface area contributed by atoms with E-state index in [1.54, 1.807) is 19.1 Å². The second-order valence-corrected chi connectivity index (χ2v) is 7.19. The van der Waals surface area contributed by atoms with Gasteiger partial charge in [0.25, 0.3) is 11.8 Å². The Labute approximate surface area is 177 Å². The highest BCUT2D eigenvalue weighted by atomic mass is 19.1. The molecule has 0 saturated carbocycles. The highest BCUT2D eigenvalue weighted by Gasteiger charge is 2.28. The van der Waals surface area contributed by atoms with Crippen LogP contribution in [0.25, 0.3) is 0 Å². The van der Waals surface area contributed by atoms with Crippen molar-refractivity contribution >= 4 is 23.2 Å². The predicted molar refractivity (Wildman–Crippen MR) is 113 cm³/mol. The van der Waals surface area contributed by atoms with Crippen LogP contribution in [0, 0.1) is 12.7 Å². The average molecular weight is 421 g/mol. The Hall–Kier alpha value is -3.94. The lowest BCUT2D eigenvalue weighted by Crippen LogP contribution is -2.22. The summed E-state index contributed by atoms with van der Waals surface area (Å²) >= 11 is 0. The quantitative estimate of drug-likeness (QED) is 0.551. The van der Waals surface area contributed by atoms with E-state index >= 15 is 0 Å². The van der Waals surface area contributed by atoms with E-state index in [1.807, 2.05) is 0 Å². The number of rotatable bonds is 4. The van der Waals surface area contributed by atoms with Crippen LogP contribution in [0.5, 0.6) is 5.75 Å². The lowest BCUT2D eigenvalue weighted by atomic mass is 9.93. The maximum Gasteiger partial charge on any atom is 0.291 e. The number of benzene rings is 2. The molecule has 8 heteroatoms. The first-order valence-corrected chi connectivity index (χ1v) is 9.78. The molecule has 31 heavy (non-hydrogen) atoms. The van der Waals surface area contributed by atoms with Crippen LogP contribution in [0.4, 0.5) is 10.1 Å². The Kier molecular flexibility index (Phi) is 5.53. The Morgan fingerprint density at radius 1 is 1.06 bits per heavy atom. The first kappa shape index (κ1) is 20.3. The number of aromatic hydroxyl groups is 1. The fraction of sp³-hybridized carbons (Fsp3) is 0.174. The molecule has 0 spiro atoms. The number of hydrogen-bond donors (Lipinski definition) is 3. The topological polar surface area (TPSA) is 104 Å². The largest absolute Gasteiger partial charge is 0.507 e. The maximum atomic E-state index is 13.1. The van der Waals surface area contributed by atoms with Crippen molar-refractivity contribution in [2.75, 3.05) is 5.32 Å². The number of nitrogens with zero attached hydrogens (tertiary/aromatic N) is 1. The number of fused-ring (bicyclic) bond motifs is 1. The number of carbonyl (C=O) groups is 2. The van der Waals surface area contributed by atoms with E-state index in [0.717, 1.165) is 6.42 Å². The molecule has 0 unspecified atom stereocenters. The summed E-state index contributed by atoms with van der Waals surface area (Å²) in [5.74, 6) is -0.734. The van der Waals surface area contributed by atoms with Crippen LogP contribution >= 0.6 is 0 Å². The van der Waals surface area contributed by atoms with Gasteiger partial charge in [0.2, 0.25) is 0 Å². The number of hydrogen-bond acceptors (Lipinski definition) is 5. The summed E-state index contributed by atoms with van der Waals surface area (Å²) in [6, 6.07) is 11.6. The van der Waals surface area contributed by atoms with Crippen molar-refractivity contribution in [1.29, 1.82) is 0 Å². The molecule has 0 fully saturated rings. The first-order chi connectivity index (χ1) is 14.9. The maximum absolute atomic E-state index is 13.1. The van der Waals surface area contributed by atoms with E-state index in [2.05, 4.69) is 15.8 Å². The van der Waals surface area contributed by atoms with Crippen molar-refractivity contribution in [1.82, 2.24) is 5.43 Å². The number of halogens is 1. The number of phenols is 1. The van der Waals surface area contributed by atoms with Crippen molar-refractivity contribution in [3.63, 3.8) is 0 Å². The van der Waals surface area contributed by atoms with Gasteiger partial charge >= 0.3 is 0 Å².